The van der Waals surface area contributed by atoms with Crippen LogP contribution in [0.25, 0.3) is 21.5 Å². The van der Waals surface area contributed by atoms with Crippen LogP contribution in [0.2, 0.25) is 0 Å². The lowest BCUT2D eigenvalue weighted by atomic mass is 9.92. The van der Waals surface area contributed by atoms with E-state index in [4.69, 9.17) is 4.74 Å². The Morgan fingerprint density at radius 2 is 1.79 bits per heavy atom. The molecule has 0 radical (unpaired) electrons. The molecule has 0 amide bonds. The van der Waals surface area contributed by atoms with E-state index in [-0.39, 0.29) is 23.6 Å². The van der Waals surface area contributed by atoms with Gasteiger partial charge in [0.05, 0.1) is 29.6 Å². The molecule has 0 aliphatic carbocycles. The predicted molar refractivity (Wildman–Crippen MR) is 130 cm³/mol. The lowest BCUT2D eigenvalue weighted by Crippen LogP contribution is -2.53. The van der Waals surface area contributed by atoms with Crippen LogP contribution in [-0.4, -0.2) is 75.0 Å². The molecule has 15 heteroatoms. The van der Waals surface area contributed by atoms with Gasteiger partial charge in [-0.1, -0.05) is 17.3 Å². The number of aromatic nitrogens is 7. The van der Waals surface area contributed by atoms with Crippen LogP contribution in [0.1, 0.15) is 23.0 Å². The first kappa shape index (κ1) is 25.5. The van der Waals surface area contributed by atoms with Crippen molar-refractivity contribution in [3.63, 3.8) is 0 Å². The lowest BCUT2D eigenvalue weighted by Gasteiger charge is -2.41. The summed E-state index contributed by atoms with van der Waals surface area (Å²) >= 11 is 1.49. The number of ether oxygens (including phenoxy) is 1. The van der Waals surface area contributed by atoms with Gasteiger partial charge < -0.3 is 24.6 Å². The summed E-state index contributed by atoms with van der Waals surface area (Å²) in [6, 6.07) is 7.97. The van der Waals surface area contributed by atoms with E-state index in [1.54, 1.807) is 4.57 Å². The van der Waals surface area contributed by atoms with Crippen LogP contribution in [0.3, 0.4) is 0 Å². The third-order valence-corrected chi connectivity index (χ3v) is 7.55. The van der Waals surface area contributed by atoms with Crippen molar-refractivity contribution in [2.24, 2.45) is 0 Å². The number of halogens is 3. The Hall–Kier alpha value is -3.76. The van der Waals surface area contributed by atoms with E-state index in [1.165, 1.54) is 23.9 Å². The van der Waals surface area contributed by atoms with Gasteiger partial charge in [-0.2, -0.15) is 0 Å². The minimum Gasteiger partial charge on any atom is -0.394 e. The molecular weight excluding hydrogens is 539 g/mol. The SMILES string of the molecule is OC[C@H]1O[C@@H](c2nncn2Cc2nc3ccccc3s2)[C@H](O)[C@@H](n2cc(-c3cc(F)c(F)c(F)c3)nn2)[C@H]1O. The summed E-state index contributed by atoms with van der Waals surface area (Å²) in [4.78, 5) is 4.61. The summed E-state index contributed by atoms with van der Waals surface area (Å²) in [7, 11) is 0. The van der Waals surface area contributed by atoms with Gasteiger partial charge in [0.25, 0.3) is 0 Å². The minimum atomic E-state index is -1.62. The van der Waals surface area contributed by atoms with Gasteiger partial charge >= 0.3 is 0 Å². The highest BCUT2D eigenvalue weighted by Gasteiger charge is 2.48. The fourth-order valence-corrected chi connectivity index (χ4v) is 5.59. The van der Waals surface area contributed by atoms with E-state index in [0.717, 1.165) is 32.0 Å². The third kappa shape index (κ3) is 4.57. The average molecular weight is 560 g/mol. The minimum absolute atomic E-state index is 0.0326. The van der Waals surface area contributed by atoms with Crippen LogP contribution >= 0.6 is 11.3 Å². The van der Waals surface area contributed by atoms with Crippen molar-refractivity contribution in [3.05, 3.63) is 77.2 Å². The van der Waals surface area contributed by atoms with Crippen LogP contribution in [0.5, 0.6) is 0 Å². The Kier molecular flexibility index (Phi) is 6.60. The van der Waals surface area contributed by atoms with E-state index in [1.807, 2.05) is 24.3 Å². The Labute approximate surface area is 221 Å². The summed E-state index contributed by atoms with van der Waals surface area (Å²) in [5.74, 6) is -4.21. The summed E-state index contributed by atoms with van der Waals surface area (Å²) in [5, 5.41) is 48.8. The molecule has 0 unspecified atom stereocenters. The van der Waals surface area contributed by atoms with Crippen molar-refractivity contribution in [1.82, 2.24) is 34.7 Å². The van der Waals surface area contributed by atoms with Crippen molar-refractivity contribution in [2.45, 2.75) is 37.0 Å². The van der Waals surface area contributed by atoms with Crippen LogP contribution in [0, 0.1) is 17.5 Å². The van der Waals surface area contributed by atoms with Crippen molar-refractivity contribution in [2.75, 3.05) is 6.61 Å². The fraction of sp³-hybridized carbons (Fsp3) is 0.292. The number of thiazole rings is 1. The number of rotatable bonds is 6. The molecule has 6 rings (SSSR count). The van der Waals surface area contributed by atoms with E-state index in [2.05, 4.69) is 25.5 Å². The van der Waals surface area contributed by atoms with Gasteiger partial charge in [-0.05, 0) is 24.3 Å². The van der Waals surface area contributed by atoms with Crippen LogP contribution in [-0.2, 0) is 11.3 Å². The second kappa shape index (κ2) is 10.1. The number of benzene rings is 2. The molecule has 39 heavy (non-hydrogen) atoms. The van der Waals surface area contributed by atoms with Crippen molar-refractivity contribution in [1.29, 1.82) is 0 Å². The standard InChI is InChI=1S/C24H20F3N7O4S/c25-12-5-11(6-13(26)19(12)27)15-7-34(32-30-15)20-21(36)16(9-35)38-23(22(20)37)24-31-28-10-33(24)8-18-29-14-3-1-2-4-17(14)39-18/h1-7,10,16,20-23,35-37H,8-9H2/t16-,20+,21+,22-,23-/m1/s1. The number of para-hydroxylation sites is 1. The molecule has 0 bridgehead atoms. The summed E-state index contributed by atoms with van der Waals surface area (Å²) in [6.45, 7) is -0.316. The Morgan fingerprint density at radius 1 is 1.03 bits per heavy atom. The molecule has 3 aromatic heterocycles. The molecule has 4 heterocycles. The molecule has 202 valence electrons. The van der Waals surface area contributed by atoms with Gasteiger partial charge in [0.1, 0.15) is 47.5 Å². The van der Waals surface area contributed by atoms with Crippen LogP contribution in [0.15, 0.2) is 48.9 Å². The summed E-state index contributed by atoms with van der Waals surface area (Å²) in [5.41, 5.74) is 0.710. The normalized spacial score (nSPS) is 23.5. The molecule has 5 aromatic rings. The predicted octanol–water partition coefficient (Wildman–Crippen LogP) is 2.01. The van der Waals surface area contributed by atoms with Crippen molar-refractivity contribution in [3.8, 4) is 11.3 Å². The molecule has 0 saturated carbocycles. The number of aliphatic hydroxyl groups excluding tert-OH is 3. The molecule has 5 atom stereocenters. The number of fused-ring (bicyclic) bond motifs is 1. The lowest BCUT2D eigenvalue weighted by molar-refractivity contribution is -0.211. The number of hydrogen-bond acceptors (Lipinski definition) is 10. The quantitative estimate of drug-likeness (QED) is 0.266. The summed E-state index contributed by atoms with van der Waals surface area (Å²) < 4.78 is 50.5. The monoisotopic (exact) mass is 559 g/mol. The van der Waals surface area contributed by atoms with Gasteiger partial charge in [-0.3, -0.25) is 0 Å². The molecule has 1 fully saturated rings. The van der Waals surface area contributed by atoms with E-state index in [0.29, 0.717) is 0 Å². The zero-order valence-electron chi connectivity index (χ0n) is 19.8. The Bertz CT molecular complexity index is 1590. The van der Waals surface area contributed by atoms with E-state index in [9.17, 15) is 28.5 Å². The van der Waals surface area contributed by atoms with E-state index < -0.39 is 54.5 Å². The first-order valence-corrected chi connectivity index (χ1v) is 12.6. The highest BCUT2D eigenvalue weighted by Crippen LogP contribution is 2.38. The van der Waals surface area contributed by atoms with Gasteiger partial charge in [0, 0.05) is 5.56 Å². The maximum Gasteiger partial charge on any atom is 0.194 e. The number of nitrogens with zero attached hydrogens (tertiary/aromatic N) is 7. The Morgan fingerprint density at radius 3 is 2.54 bits per heavy atom. The molecule has 1 aliphatic heterocycles. The third-order valence-electron chi connectivity index (χ3n) is 6.53. The molecule has 1 aliphatic rings. The molecular formula is C24H20F3N7O4S. The highest BCUT2D eigenvalue weighted by molar-refractivity contribution is 7.18. The zero-order chi connectivity index (χ0) is 27.3. The maximum absolute atomic E-state index is 13.8. The van der Waals surface area contributed by atoms with Gasteiger partial charge in [-0.25, -0.2) is 22.8 Å². The fourth-order valence-electron chi connectivity index (χ4n) is 4.63. The zero-order valence-corrected chi connectivity index (χ0v) is 20.7. The number of hydrogen-bond donors (Lipinski definition) is 3. The molecule has 2 aromatic carbocycles. The topological polar surface area (TPSA) is 144 Å². The van der Waals surface area contributed by atoms with E-state index >= 15 is 0 Å². The maximum atomic E-state index is 13.8. The average Bonchev–Trinajstić information content (AvgIpc) is 3.67. The van der Waals surface area contributed by atoms with Crippen LogP contribution in [0.4, 0.5) is 13.2 Å². The van der Waals surface area contributed by atoms with Gasteiger partial charge in [0.15, 0.2) is 23.3 Å². The molecule has 11 nitrogen and oxygen atoms in total. The smallest absolute Gasteiger partial charge is 0.194 e. The first-order chi connectivity index (χ1) is 18.8. The van der Waals surface area contributed by atoms with Crippen molar-refractivity contribution >= 4 is 21.6 Å². The van der Waals surface area contributed by atoms with Gasteiger partial charge in [0.2, 0.25) is 0 Å². The molecule has 1 saturated heterocycles. The molecule has 3 N–H and O–H groups in total. The number of aliphatic hydroxyl groups is 3. The highest BCUT2D eigenvalue weighted by atomic mass is 32.1. The second-order valence-corrected chi connectivity index (χ2v) is 10.1. The summed E-state index contributed by atoms with van der Waals surface area (Å²) in [6.07, 6.45) is -2.51. The second-order valence-electron chi connectivity index (χ2n) is 8.98. The largest absolute Gasteiger partial charge is 0.394 e. The van der Waals surface area contributed by atoms with Crippen LogP contribution < -0.4 is 0 Å². The molecule has 0 spiro atoms. The Balaban J connectivity index is 1.31. The first-order valence-electron chi connectivity index (χ1n) is 11.8. The van der Waals surface area contributed by atoms with Gasteiger partial charge in [-0.15, -0.1) is 26.6 Å². The van der Waals surface area contributed by atoms with Crippen molar-refractivity contribution < 1.29 is 33.2 Å².